The Morgan fingerprint density at radius 3 is 2.63 bits per heavy atom. The van der Waals surface area contributed by atoms with Crippen LogP contribution in [-0.2, 0) is 17.6 Å². The fourth-order valence-electron chi connectivity index (χ4n) is 4.35. The molecule has 164 valence electrons. The lowest BCUT2D eigenvalue weighted by Crippen LogP contribution is -2.49. The second-order valence-electron chi connectivity index (χ2n) is 8.63. The molecule has 0 bridgehead atoms. The van der Waals surface area contributed by atoms with Crippen LogP contribution in [0.4, 0.5) is 20.2 Å². The van der Waals surface area contributed by atoms with Gasteiger partial charge in [0.05, 0.1) is 29.3 Å². The Morgan fingerprint density at radius 1 is 1.30 bits per heavy atom. The number of pyridine rings is 1. The number of carbonyl (C=O) groups is 1. The lowest BCUT2D eigenvalue weighted by molar-refractivity contribution is -0.118. The van der Waals surface area contributed by atoms with E-state index in [1.165, 1.54) is 0 Å². The van der Waals surface area contributed by atoms with Crippen LogP contribution in [-0.4, -0.2) is 39.7 Å². The van der Waals surface area contributed by atoms with Crippen LogP contribution in [0.3, 0.4) is 0 Å². The summed E-state index contributed by atoms with van der Waals surface area (Å²) in [4.78, 5) is 19.1. The molecule has 1 aliphatic carbocycles. The Kier molecular flexibility index (Phi) is 5.89. The van der Waals surface area contributed by atoms with Crippen molar-refractivity contribution in [3.8, 4) is 0 Å². The summed E-state index contributed by atoms with van der Waals surface area (Å²) in [6, 6.07) is 1.62. The summed E-state index contributed by atoms with van der Waals surface area (Å²) in [5.41, 5.74) is 4.51. The monoisotopic (exact) mass is 419 g/mol. The number of nitrogens with one attached hydrogen (secondary N) is 1. The highest BCUT2D eigenvalue weighted by Crippen LogP contribution is 2.45. The Balaban J connectivity index is 0.00000256. The number of nitrogens with zero attached hydrogens (tertiary/aromatic N) is 4. The van der Waals surface area contributed by atoms with E-state index < -0.39 is 5.92 Å². The average Bonchev–Trinajstić information content (AvgIpc) is 3.07. The van der Waals surface area contributed by atoms with Gasteiger partial charge in [0.2, 0.25) is 5.91 Å². The third-order valence-electron chi connectivity index (χ3n) is 5.95. The maximum atomic E-state index is 13.1. The van der Waals surface area contributed by atoms with Crippen molar-refractivity contribution < 1.29 is 13.6 Å². The Hall–Kier alpha value is -2.51. The van der Waals surface area contributed by atoms with E-state index in [9.17, 15) is 13.6 Å². The van der Waals surface area contributed by atoms with Crippen molar-refractivity contribution in [1.82, 2.24) is 14.8 Å². The van der Waals surface area contributed by atoms with Gasteiger partial charge >= 0.3 is 0 Å². The number of anilines is 2. The molecule has 0 spiro atoms. The molecule has 30 heavy (non-hydrogen) atoms. The molecule has 1 amide bonds. The highest BCUT2D eigenvalue weighted by molar-refractivity contribution is 6.04. The van der Waals surface area contributed by atoms with Crippen LogP contribution in [0.5, 0.6) is 0 Å². The van der Waals surface area contributed by atoms with Crippen LogP contribution in [0.15, 0.2) is 18.5 Å². The third kappa shape index (κ3) is 4.04. The van der Waals surface area contributed by atoms with Crippen LogP contribution < -0.4 is 10.2 Å². The molecule has 1 N–H and O–H groups in total. The summed E-state index contributed by atoms with van der Waals surface area (Å²) < 4.78 is 27.8. The molecule has 1 saturated carbocycles. The quantitative estimate of drug-likeness (QED) is 0.781. The maximum Gasteiger partial charge on any atom is 0.252 e. The van der Waals surface area contributed by atoms with Crippen molar-refractivity contribution in [3.05, 3.63) is 35.4 Å². The highest BCUT2D eigenvalue weighted by Gasteiger charge is 2.46. The number of fused-ring (bicyclic) bond motifs is 1. The normalized spacial score (nSPS) is 20.4. The predicted octanol–water partition coefficient (Wildman–Crippen LogP) is 4.39. The van der Waals surface area contributed by atoms with Gasteiger partial charge in [0.1, 0.15) is 6.04 Å². The Bertz CT molecular complexity index is 932. The van der Waals surface area contributed by atoms with Crippen LogP contribution in [0.1, 0.15) is 57.1 Å². The molecule has 1 aliphatic heterocycles. The van der Waals surface area contributed by atoms with Gasteiger partial charge in [0.15, 0.2) is 0 Å². The molecular formula is C22H31F2N5O. The molecule has 0 unspecified atom stereocenters. The highest BCUT2D eigenvalue weighted by atomic mass is 19.3. The molecule has 1 fully saturated rings. The predicted molar refractivity (Wildman–Crippen MR) is 114 cm³/mol. The van der Waals surface area contributed by atoms with E-state index in [0.29, 0.717) is 0 Å². The molecule has 1 atom stereocenters. The molecule has 2 aromatic rings. The number of amides is 1. The molecule has 4 rings (SSSR count). The molecule has 0 saturated heterocycles. The molecule has 2 aliphatic rings. The number of rotatable bonds is 5. The van der Waals surface area contributed by atoms with Gasteiger partial charge in [-0.2, -0.15) is 5.10 Å². The van der Waals surface area contributed by atoms with Crippen molar-refractivity contribution in [3.63, 3.8) is 0 Å². The minimum Gasteiger partial charge on any atom is -0.361 e. The molecule has 0 aromatic carbocycles. The van der Waals surface area contributed by atoms with Gasteiger partial charge in [-0.05, 0) is 37.3 Å². The number of aryl methyl sites for hydroxylation is 3. The van der Waals surface area contributed by atoms with Gasteiger partial charge in [-0.25, -0.2) is 8.78 Å². The summed E-state index contributed by atoms with van der Waals surface area (Å²) in [7, 11) is 1.95. The summed E-state index contributed by atoms with van der Waals surface area (Å²) >= 11 is 0. The first-order valence-corrected chi connectivity index (χ1v) is 10.1. The molecule has 3 heterocycles. The molecule has 0 radical (unpaired) electrons. The van der Waals surface area contributed by atoms with E-state index in [4.69, 9.17) is 0 Å². The number of likely N-dealkylation sites (N-methyl/N-ethyl adjacent to an activating group) is 1. The van der Waals surface area contributed by atoms with Gasteiger partial charge < -0.3 is 10.2 Å². The number of aromatic nitrogens is 3. The van der Waals surface area contributed by atoms with E-state index in [1.54, 1.807) is 10.9 Å². The third-order valence-corrected chi connectivity index (χ3v) is 5.95. The van der Waals surface area contributed by atoms with Crippen LogP contribution in [0, 0.1) is 12.8 Å². The molecule has 8 heteroatoms. The lowest BCUT2D eigenvalue weighted by Gasteiger charge is -2.38. The maximum absolute atomic E-state index is 13.1. The summed E-state index contributed by atoms with van der Waals surface area (Å²) in [5, 5.41) is 7.27. The van der Waals surface area contributed by atoms with E-state index in [1.807, 2.05) is 45.0 Å². The van der Waals surface area contributed by atoms with Gasteiger partial charge in [-0.15, -0.1) is 0 Å². The fourth-order valence-corrected chi connectivity index (χ4v) is 4.35. The van der Waals surface area contributed by atoms with Gasteiger partial charge in [-0.3, -0.25) is 14.5 Å². The van der Waals surface area contributed by atoms with Gasteiger partial charge in [0.25, 0.3) is 5.92 Å². The zero-order valence-electron chi connectivity index (χ0n) is 17.2. The lowest BCUT2D eigenvalue weighted by atomic mass is 9.88. The van der Waals surface area contributed by atoms with Crippen molar-refractivity contribution in [2.75, 3.05) is 17.3 Å². The van der Waals surface area contributed by atoms with Crippen molar-refractivity contribution in [1.29, 1.82) is 0 Å². The number of hydrogen-bond acceptors (Lipinski definition) is 4. The Morgan fingerprint density at radius 2 is 2.00 bits per heavy atom. The standard InChI is InChI=1S/C21H27F2N5O.CH4/c1-12(2)19-20(29)26-18-13(3)25-15(7-17(18)27(19)4)6-5-14-10-24-28(11-14)16-8-21(22,23)9-16;/h7,10-12,16,19H,5-6,8-9H2,1-4H3,(H,26,29);1H4/t19-;/m0./s1. The van der Waals surface area contributed by atoms with Crippen LogP contribution in [0.2, 0.25) is 0 Å². The van der Waals surface area contributed by atoms with Crippen molar-refractivity contribution in [2.24, 2.45) is 5.92 Å². The first kappa shape index (κ1) is 22.2. The molecule has 2 aromatic heterocycles. The number of carbonyl (C=O) groups excluding carboxylic acids is 1. The van der Waals surface area contributed by atoms with Gasteiger partial charge in [0, 0.05) is 31.8 Å². The SMILES string of the molecule is C.Cc1nc(CCc2cnn(C3CC(F)(F)C3)c2)cc2c1NC(=O)[C@H](C(C)C)N2C. The summed E-state index contributed by atoms with van der Waals surface area (Å²) in [6.07, 6.45) is 4.81. The van der Waals surface area contributed by atoms with Crippen molar-refractivity contribution in [2.45, 2.75) is 71.9 Å². The first-order chi connectivity index (χ1) is 13.6. The minimum absolute atomic E-state index is 0. The van der Waals surface area contributed by atoms with Crippen LogP contribution >= 0.6 is 0 Å². The average molecular weight is 420 g/mol. The largest absolute Gasteiger partial charge is 0.361 e. The van der Waals surface area contributed by atoms with Crippen LogP contribution in [0.25, 0.3) is 0 Å². The smallest absolute Gasteiger partial charge is 0.252 e. The first-order valence-electron chi connectivity index (χ1n) is 10.1. The molecular weight excluding hydrogens is 388 g/mol. The number of halogens is 2. The fraction of sp³-hybridized carbons (Fsp3) is 0.591. The second-order valence-corrected chi connectivity index (χ2v) is 8.63. The number of alkyl halides is 2. The summed E-state index contributed by atoms with van der Waals surface area (Å²) in [6.45, 7) is 5.98. The second kappa shape index (κ2) is 7.96. The van der Waals surface area contributed by atoms with E-state index in [0.717, 1.165) is 41.2 Å². The Labute approximate surface area is 176 Å². The summed E-state index contributed by atoms with van der Waals surface area (Å²) in [5.74, 6) is -2.35. The minimum atomic E-state index is -2.54. The van der Waals surface area contributed by atoms with Gasteiger partial charge in [-0.1, -0.05) is 21.3 Å². The zero-order valence-corrected chi connectivity index (χ0v) is 17.2. The van der Waals surface area contributed by atoms with E-state index in [-0.39, 0.29) is 44.2 Å². The molecule has 6 nitrogen and oxygen atoms in total. The van der Waals surface area contributed by atoms with Crippen molar-refractivity contribution >= 4 is 17.3 Å². The van der Waals surface area contributed by atoms with E-state index >= 15 is 0 Å². The number of hydrogen-bond donors (Lipinski definition) is 1. The zero-order chi connectivity index (χ0) is 20.9. The van der Waals surface area contributed by atoms with E-state index in [2.05, 4.69) is 15.4 Å². The topological polar surface area (TPSA) is 63.1 Å².